The second kappa shape index (κ2) is 23.0. The first-order chi connectivity index (χ1) is 27.7. The van der Waals surface area contributed by atoms with Gasteiger partial charge in [0.25, 0.3) is 0 Å². The van der Waals surface area contributed by atoms with Gasteiger partial charge in [-0.2, -0.15) is 0 Å². The lowest BCUT2D eigenvalue weighted by Crippen LogP contribution is -2.62. The molecule has 6 bridgehead atoms. The van der Waals surface area contributed by atoms with Crippen molar-refractivity contribution in [3.05, 3.63) is 36.5 Å². The predicted molar refractivity (Wildman–Crippen MR) is 209 cm³/mol. The molecular weight excluding hydrogens is 756 g/mol. The molecule has 0 radical (unpaired) electrons. The molecular formula is C43H66O15. The van der Waals surface area contributed by atoms with Crippen molar-refractivity contribution in [1.82, 2.24) is 0 Å². The highest BCUT2D eigenvalue weighted by molar-refractivity contribution is 5.83. The van der Waals surface area contributed by atoms with Crippen LogP contribution in [0.3, 0.4) is 0 Å². The molecule has 15 heteroatoms. The number of methoxy groups -OCH3 is 1. The van der Waals surface area contributed by atoms with Gasteiger partial charge in [-0.25, -0.2) is 4.79 Å². The summed E-state index contributed by atoms with van der Waals surface area (Å²) in [5, 5.41) is 34.0. The first-order valence-electron chi connectivity index (χ1n) is 21.0. The fourth-order valence-electron chi connectivity index (χ4n) is 8.08. The Bertz CT molecular complexity index is 1430. The van der Waals surface area contributed by atoms with Gasteiger partial charge in [0.15, 0.2) is 12.4 Å². The van der Waals surface area contributed by atoms with E-state index in [0.29, 0.717) is 25.7 Å². The zero-order valence-electron chi connectivity index (χ0n) is 34.7. The van der Waals surface area contributed by atoms with Crippen molar-refractivity contribution in [3.8, 4) is 0 Å². The number of rotatable bonds is 13. The monoisotopic (exact) mass is 822 g/mol. The molecule has 4 aliphatic rings. The van der Waals surface area contributed by atoms with Gasteiger partial charge in [-0.15, -0.1) is 0 Å². The van der Waals surface area contributed by atoms with E-state index in [1.165, 1.54) is 13.2 Å². The molecule has 3 saturated heterocycles. The Kier molecular flexibility index (Phi) is 18.8. The minimum absolute atomic E-state index is 0.0449. The zero-order valence-corrected chi connectivity index (χ0v) is 34.7. The Hall–Kier alpha value is -3.18. The van der Waals surface area contributed by atoms with Gasteiger partial charge in [0.1, 0.15) is 12.7 Å². The van der Waals surface area contributed by atoms with Gasteiger partial charge in [0, 0.05) is 43.6 Å². The molecule has 4 heterocycles. The summed E-state index contributed by atoms with van der Waals surface area (Å²) in [6.07, 6.45) is 5.95. The molecule has 3 fully saturated rings. The molecule has 4 rings (SSSR count). The third-order valence-corrected chi connectivity index (χ3v) is 11.2. The van der Waals surface area contributed by atoms with Gasteiger partial charge in [0.05, 0.1) is 63.2 Å². The topological polar surface area (TPSA) is 203 Å². The average Bonchev–Trinajstić information content (AvgIpc) is 3.16. The van der Waals surface area contributed by atoms with E-state index in [9.17, 15) is 34.5 Å². The van der Waals surface area contributed by atoms with Crippen molar-refractivity contribution in [2.24, 2.45) is 5.41 Å². The van der Waals surface area contributed by atoms with Crippen LogP contribution < -0.4 is 0 Å². The molecule has 0 saturated carbocycles. The number of aliphatic hydroxyl groups is 3. The number of carbonyl (C=O) groups excluding carboxylic acids is 4. The standard InChI is InChI=1S/C43H66O15/c1-6-8-9-10-11-15-36(46)57-41-28(20-37(47)51-5)19-34-25-35(27-44)54-39(49)22-29(45)21-30-13-12-14-31(53-30)23-32-24-33(26-38(48)52-18-7-2)56-40(55-32)16-17-42(3,4)43(41,50)58-34/h7,16-17,20,29-35,40-41,44-45,50H,2,6,8-15,18-19,21-27H2,1,3-5H3/t29-,30+,31-,32-,33-,34+,35-,40-,41+,43-/m1/s1. The number of unbranched alkanes of at least 4 members (excludes halogenated alkanes) is 4. The lowest BCUT2D eigenvalue weighted by atomic mass is 9.74. The van der Waals surface area contributed by atoms with Crippen LogP contribution in [0.25, 0.3) is 0 Å². The summed E-state index contributed by atoms with van der Waals surface area (Å²) in [6, 6.07) is 0. The van der Waals surface area contributed by atoms with Crippen LogP contribution in [0.4, 0.5) is 0 Å². The number of aliphatic hydroxyl groups excluding tert-OH is 2. The highest BCUT2D eigenvalue weighted by Gasteiger charge is 2.57. The second-order valence-corrected chi connectivity index (χ2v) is 16.5. The highest BCUT2D eigenvalue weighted by atomic mass is 16.7. The van der Waals surface area contributed by atoms with Crippen LogP contribution in [0.5, 0.6) is 0 Å². The highest BCUT2D eigenvalue weighted by Crippen LogP contribution is 2.47. The summed E-state index contributed by atoms with van der Waals surface area (Å²) in [5.41, 5.74) is -1.22. The molecule has 4 aliphatic heterocycles. The maximum atomic E-state index is 13.4. The SMILES string of the molecule is C=CCOC(=O)C[C@H]1C[C@H]2C[C@H]3CCC[C@@H](C[C@@H](O)CC(=O)O[C@@H](CO)C[C@@H]4CC(=CC(=O)OC)[C@H](OC(=O)CCCCCCC)[C@@](O)(O4)C(C)(C)C=C[C@H](O2)O1)O3. The van der Waals surface area contributed by atoms with Gasteiger partial charge < -0.3 is 53.2 Å². The first-order valence-corrected chi connectivity index (χ1v) is 21.0. The Balaban J connectivity index is 1.74. The largest absolute Gasteiger partial charge is 0.466 e. The van der Waals surface area contributed by atoms with Crippen molar-refractivity contribution in [2.45, 2.75) is 184 Å². The van der Waals surface area contributed by atoms with Crippen LogP contribution in [-0.4, -0.2) is 120 Å². The zero-order chi connectivity index (χ0) is 42.3. The molecule has 0 aromatic rings. The van der Waals surface area contributed by atoms with Gasteiger partial charge >= 0.3 is 23.9 Å². The minimum Gasteiger partial charge on any atom is -0.466 e. The van der Waals surface area contributed by atoms with Crippen LogP contribution in [0, 0.1) is 5.41 Å². The molecule has 0 aromatic heterocycles. The van der Waals surface area contributed by atoms with Crippen LogP contribution in [-0.2, 0) is 57.1 Å². The third-order valence-electron chi connectivity index (χ3n) is 11.2. The van der Waals surface area contributed by atoms with E-state index in [2.05, 4.69) is 13.5 Å². The second-order valence-electron chi connectivity index (χ2n) is 16.5. The molecule has 0 spiro atoms. The normalized spacial score (nSPS) is 33.9. The van der Waals surface area contributed by atoms with Crippen LogP contribution >= 0.6 is 0 Å². The van der Waals surface area contributed by atoms with Gasteiger partial charge in [-0.3, -0.25) is 14.4 Å². The Morgan fingerprint density at radius 1 is 0.931 bits per heavy atom. The van der Waals surface area contributed by atoms with Crippen LogP contribution in [0.1, 0.15) is 124 Å². The number of cyclic esters (lactones) is 1. The van der Waals surface area contributed by atoms with Gasteiger partial charge in [-0.1, -0.05) is 65.2 Å². The maximum Gasteiger partial charge on any atom is 0.330 e. The number of ether oxygens (including phenoxy) is 8. The van der Waals surface area contributed by atoms with Crippen molar-refractivity contribution in [1.29, 1.82) is 0 Å². The van der Waals surface area contributed by atoms with Gasteiger partial charge in [0.2, 0.25) is 5.79 Å². The minimum atomic E-state index is -2.35. The van der Waals surface area contributed by atoms with Gasteiger partial charge in [-0.05, 0) is 43.8 Å². The summed E-state index contributed by atoms with van der Waals surface area (Å²) < 4.78 is 47.3. The van der Waals surface area contributed by atoms with Crippen molar-refractivity contribution in [3.63, 3.8) is 0 Å². The molecule has 0 amide bonds. The first kappa shape index (κ1) is 47.5. The smallest absolute Gasteiger partial charge is 0.330 e. The molecule has 10 atom stereocenters. The Morgan fingerprint density at radius 3 is 2.36 bits per heavy atom. The lowest BCUT2D eigenvalue weighted by Gasteiger charge is -2.51. The fraction of sp³-hybridized carbons (Fsp3) is 0.767. The van der Waals surface area contributed by atoms with Crippen LogP contribution in [0.15, 0.2) is 36.5 Å². The average molecular weight is 823 g/mol. The van der Waals surface area contributed by atoms with Crippen molar-refractivity contribution >= 4 is 23.9 Å². The molecule has 328 valence electrons. The molecule has 0 aliphatic carbocycles. The number of esters is 4. The number of carbonyl (C=O) groups is 4. The van der Waals surface area contributed by atoms with Crippen molar-refractivity contribution in [2.75, 3.05) is 20.3 Å². The predicted octanol–water partition coefficient (Wildman–Crippen LogP) is 4.81. The summed E-state index contributed by atoms with van der Waals surface area (Å²) in [5.74, 6) is -4.90. The van der Waals surface area contributed by atoms with E-state index in [4.69, 9.17) is 37.9 Å². The molecule has 3 N–H and O–H groups in total. The Labute approximate surface area is 342 Å². The van der Waals surface area contributed by atoms with E-state index >= 15 is 0 Å². The van der Waals surface area contributed by atoms with Crippen LogP contribution in [0.2, 0.25) is 0 Å². The molecule has 58 heavy (non-hydrogen) atoms. The van der Waals surface area contributed by atoms with E-state index in [1.54, 1.807) is 26.0 Å². The molecule has 0 aromatic carbocycles. The number of fused-ring (bicyclic) bond motifs is 6. The maximum absolute atomic E-state index is 13.4. The lowest BCUT2D eigenvalue weighted by molar-refractivity contribution is -0.327. The number of hydrogen-bond donors (Lipinski definition) is 3. The quantitative estimate of drug-likeness (QED) is 0.0750. The van der Waals surface area contributed by atoms with E-state index < -0.39 is 84.6 Å². The summed E-state index contributed by atoms with van der Waals surface area (Å²) >= 11 is 0. The summed E-state index contributed by atoms with van der Waals surface area (Å²) in [7, 11) is 1.20. The van der Waals surface area contributed by atoms with E-state index in [0.717, 1.165) is 44.6 Å². The molecule has 0 unspecified atom stereocenters. The Morgan fingerprint density at radius 2 is 1.66 bits per heavy atom. The summed E-state index contributed by atoms with van der Waals surface area (Å²) in [4.78, 5) is 52.0. The van der Waals surface area contributed by atoms with Crippen molar-refractivity contribution < 1.29 is 72.4 Å². The number of hydrogen-bond acceptors (Lipinski definition) is 15. The van der Waals surface area contributed by atoms with E-state index in [-0.39, 0.29) is 62.9 Å². The van der Waals surface area contributed by atoms with E-state index in [1.807, 2.05) is 0 Å². The fourth-order valence-corrected chi connectivity index (χ4v) is 8.08. The third kappa shape index (κ3) is 14.2. The summed E-state index contributed by atoms with van der Waals surface area (Å²) in [6.45, 7) is 8.47. The molecule has 15 nitrogen and oxygen atoms in total.